The number of nitrogens with one attached hydrogen (secondary N) is 1. The number of H-pyrrole nitrogens is 1. The number of alkyl halides is 3. The van der Waals surface area contributed by atoms with Gasteiger partial charge in [-0.05, 0) is 23.8 Å². The van der Waals surface area contributed by atoms with Crippen LogP contribution >= 0.6 is 0 Å². The number of carbonyl (C=O) groups is 2. The fraction of sp³-hybridized carbons (Fsp3) is 0.286. The largest absolute Gasteiger partial charge is 0.503 e. The molecule has 1 aromatic carbocycles. The van der Waals surface area contributed by atoms with Crippen LogP contribution in [0.5, 0.6) is 0 Å². The number of amides is 2. The van der Waals surface area contributed by atoms with E-state index in [2.05, 4.69) is 9.97 Å². The Morgan fingerprint density at radius 2 is 1.67 bits per heavy atom. The molecule has 33 heavy (non-hydrogen) atoms. The first kappa shape index (κ1) is 22.8. The first-order chi connectivity index (χ1) is 15.6. The van der Waals surface area contributed by atoms with Crippen molar-refractivity contribution in [2.75, 3.05) is 26.2 Å². The topological polar surface area (TPSA) is 103 Å². The summed E-state index contributed by atoms with van der Waals surface area (Å²) in [6.07, 6.45) is 2.82. The van der Waals surface area contributed by atoms with Crippen LogP contribution in [0.25, 0.3) is 10.9 Å². The maximum atomic E-state index is 13.0. The van der Waals surface area contributed by atoms with Crippen molar-refractivity contribution < 1.29 is 31.2 Å². The Hall–Kier alpha value is -3.41. The lowest BCUT2D eigenvalue weighted by molar-refractivity contribution is -0.131. The molecule has 0 bridgehead atoms. The van der Waals surface area contributed by atoms with E-state index >= 15 is 0 Å². The molecule has 1 aliphatic rings. The molecule has 3 heterocycles. The van der Waals surface area contributed by atoms with Crippen molar-refractivity contribution in [3.63, 3.8) is 0 Å². The van der Waals surface area contributed by atoms with Crippen LogP contribution in [-0.4, -0.2) is 71.7 Å². The Bertz CT molecular complexity index is 1310. The number of aromatic amines is 1. The summed E-state index contributed by atoms with van der Waals surface area (Å²) in [6.45, 7) is 0.459. The normalized spacial score (nSPS) is 15.1. The van der Waals surface area contributed by atoms with E-state index in [9.17, 15) is 31.2 Å². The van der Waals surface area contributed by atoms with Crippen LogP contribution in [0.2, 0.25) is 0 Å². The van der Waals surface area contributed by atoms with Gasteiger partial charge in [0.05, 0.1) is 12.0 Å². The molecule has 1 fully saturated rings. The summed E-state index contributed by atoms with van der Waals surface area (Å²) in [4.78, 5) is 34.8. The third-order valence-corrected chi connectivity index (χ3v) is 6.94. The SMILES string of the molecule is O=C(Cc1c[nH]c2ccccc12)N1CCN(C(=O)c2cccnc2S(=O)(=O)C(F)(F)F)CC1. The molecule has 1 aliphatic heterocycles. The molecular formula is C21H19F3N4O4S. The van der Waals surface area contributed by atoms with Gasteiger partial charge in [-0.15, -0.1) is 0 Å². The summed E-state index contributed by atoms with van der Waals surface area (Å²) in [7, 11) is -5.79. The highest BCUT2D eigenvalue weighted by atomic mass is 32.2. The second-order valence-electron chi connectivity index (χ2n) is 7.51. The highest BCUT2D eigenvalue weighted by Crippen LogP contribution is 2.31. The number of hydrogen-bond donors (Lipinski definition) is 1. The number of piperazine rings is 1. The molecule has 0 atom stereocenters. The predicted molar refractivity (Wildman–Crippen MR) is 112 cm³/mol. The molecule has 0 unspecified atom stereocenters. The van der Waals surface area contributed by atoms with Crippen molar-refractivity contribution in [1.29, 1.82) is 0 Å². The van der Waals surface area contributed by atoms with Crippen molar-refractivity contribution in [3.8, 4) is 0 Å². The third-order valence-electron chi connectivity index (χ3n) is 5.50. The number of fused-ring (bicyclic) bond motifs is 1. The quantitative estimate of drug-likeness (QED) is 0.618. The standard InChI is InChI=1S/C21H19F3N4O4S/c22-21(23,24)33(31,32)19-16(5-3-7-25-19)20(30)28-10-8-27(9-11-28)18(29)12-14-13-26-17-6-2-1-4-15(14)17/h1-7,13,26H,8-12H2. The van der Waals surface area contributed by atoms with Gasteiger partial charge in [0.2, 0.25) is 5.91 Å². The summed E-state index contributed by atoms with van der Waals surface area (Å²) in [5.74, 6) is -1.02. The zero-order valence-corrected chi connectivity index (χ0v) is 18.0. The minimum Gasteiger partial charge on any atom is -0.361 e. The molecule has 3 aromatic rings. The average Bonchev–Trinajstić information content (AvgIpc) is 3.20. The summed E-state index contributed by atoms with van der Waals surface area (Å²) in [5, 5.41) is -0.380. The van der Waals surface area contributed by atoms with Gasteiger partial charge in [0, 0.05) is 49.5 Å². The number of pyridine rings is 1. The number of rotatable bonds is 4. The summed E-state index contributed by atoms with van der Waals surface area (Å²) in [6, 6.07) is 9.77. The van der Waals surface area contributed by atoms with Gasteiger partial charge >= 0.3 is 5.51 Å². The summed E-state index contributed by atoms with van der Waals surface area (Å²) in [5.41, 5.74) is -4.47. The number of hydrogen-bond acceptors (Lipinski definition) is 5. The highest BCUT2D eigenvalue weighted by molar-refractivity contribution is 7.92. The lowest BCUT2D eigenvalue weighted by Crippen LogP contribution is -2.51. The van der Waals surface area contributed by atoms with Crippen LogP contribution in [0.1, 0.15) is 15.9 Å². The van der Waals surface area contributed by atoms with Crippen molar-refractivity contribution in [2.24, 2.45) is 0 Å². The van der Waals surface area contributed by atoms with Gasteiger partial charge in [-0.2, -0.15) is 13.2 Å². The second kappa shape index (κ2) is 8.50. The van der Waals surface area contributed by atoms with E-state index in [1.165, 1.54) is 11.0 Å². The molecule has 2 aromatic heterocycles. The van der Waals surface area contributed by atoms with E-state index < -0.39 is 31.8 Å². The maximum absolute atomic E-state index is 13.0. The Labute approximate surface area is 186 Å². The number of para-hydroxylation sites is 1. The number of halogens is 3. The second-order valence-corrected chi connectivity index (χ2v) is 9.37. The molecule has 0 spiro atoms. The van der Waals surface area contributed by atoms with Crippen LogP contribution in [0.4, 0.5) is 13.2 Å². The molecule has 2 amide bonds. The van der Waals surface area contributed by atoms with Crippen LogP contribution in [0, 0.1) is 0 Å². The van der Waals surface area contributed by atoms with Gasteiger partial charge in [0.15, 0.2) is 5.03 Å². The smallest absolute Gasteiger partial charge is 0.361 e. The third kappa shape index (κ3) is 4.30. The number of carbonyl (C=O) groups excluding carboxylic acids is 2. The zero-order chi connectivity index (χ0) is 23.8. The Balaban J connectivity index is 1.44. The zero-order valence-electron chi connectivity index (χ0n) is 17.2. The lowest BCUT2D eigenvalue weighted by Gasteiger charge is -2.35. The first-order valence-corrected chi connectivity index (χ1v) is 11.5. The van der Waals surface area contributed by atoms with E-state index in [0.717, 1.165) is 28.7 Å². The van der Waals surface area contributed by atoms with E-state index in [0.29, 0.717) is 0 Å². The van der Waals surface area contributed by atoms with E-state index in [1.807, 2.05) is 24.3 Å². The van der Waals surface area contributed by atoms with Gasteiger partial charge in [0.25, 0.3) is 15.7 Å². The number of nitrogens with zero attached hydrogens (tertiary/aromatic N) is 3. The molecule has 174 valence electrons. The van der Waals surface area contributed by atoms with Gasteiger partial charge in [0.1, 0.15) is 0 Å². The van der Waals surface area contributed by atoms with Crippen molar-refractivity contribution in [1.82, 2.24) is 19.8 Å². The van der Waals surface area contributed by atoms with Crippen molar-refractivity contribution in [2.45, 2.75) is 17.0 Å². The molecule has 0 radical (unpaired) electrons. The molecular weight excluding hydrogens is 461 g/mol. The number of benzene rings is 1. The molecule has 1 saturated heterocycles. The molecule has 4 rings (SSSR count). The molecule has 0 aliphatic carbocycles. The first-order valence-electron chi connectivity index (χ1n) is 9.98. The van der Waals surface area contributed by atoms with E-state index in [4.69, 9.17) is 0 Å². The maximum Gasteiger partial charge on any atom is 0.503 e. The average molecular weight is 480 g/mol. The Morgan fingerprint density at radius 1 is 1.00 bits per heavy atom. The van der Waals surface area contributed by atoms with Gasteiger partial charge in [-0.25, -0.2) is 13.4 Å². The Kier molecular flexibility index (Phi) is 5.87. The fourth-order valence-electron chi connectivity index (χ4n) is 3.76. The number of aromatic nitrogens is 2. The van der Waals surface area contributed by atoms with Crippen LogP contribution in [0.3, 0.4) is 0 Å². The minimum atomic E-state index is -5.79. The van der Waals surface area contributed by atoms with Gasteiger partial charge in [-0.1, -0.05) is 18.2 Å². The molecule has 12 heteroatoms. The minimum absolute atomic E-state index is 0.0544. The van der Waals surface area contributed by atoms with Gasteiger partial charge < -0.3 is 14.8 Å². The Morgan fingerprint density at radius 3 is 2.36 bits per heavy atom. The number of sulfone groups is 1. The van der Waals surface area contributed by atoms with Crippen LogP contribution in [0.15, 0.2) is 53.8 Å². The molecule has 0 saturated carbocycles. The molecule has 8 nitrogen and oxygen atoms in total. The van der Waals surface area contributed by atoms with E-state index in [1.54, 1.807) is 11.1 Å². The van der Waals surface area contributed by atoms with Crippen molar-refractivity contribution in [3.05, 3.63) is 59.9 Å². The fourth-order valence-corrected chi connectivity index (χ4v) is 4.62. The molecule has 1 N–H and O–H groups in total. The van der Waals surface area contributed by atoms with Crippen molar-refractivity contribution >= 4 is 32.6 Å². The van der Waals surface area contributed by atoms with Crippen LogP contribution < -0.4 is 0 Å². The van der Waals surface area contributed by atoms with Crippen LogP contribution in [-0.2, 0) is 21.1 Å². The van der Waals surface area contributed by atoms with Gasteiger partial charge in [-0.3, -0.25) is 9.59 Å². The highest BCUT2D eigenvalue weighted by Gasteiger charge is 2.49. The predicted octanol–water partition coefficient (Wildman–Crippen LogP) is 2.38. The monoisotopic (exact) mass is 480 g/mol. The van der Waals surface area contributed by atoms with E-state index in [-0.39, 0.29) is 38.5 Å². The lowest BCUT2D eigenvalue weighted by atomic mass is 10.1. The summed E-state index contributed by atoms with van der Waals surface area (Å²) < 4.78 is 62.7. The summed E-state index contributed by atoms with van der Waals surface area (Å²) >= 11 is 0.